The molecule has 0 bridgehead atoms. The third kappa shape index (κ3) is 5.78. The van der Waals surface area contributed by atoms with Gasteiger partial charge in [-0.2, -0.15) is 0 Å². The Morgan fingerprint density at radius 3 is 2.66 bits per heavy atom. The number of nitrogens with zero attached hydrogens (tertiary/aromatic N) is 6. The van der Waals surface area contributed by atoms with Crippen molar-refractivity contribution in [3.05, 3.63) is 36.4 Å². The van der Waals surface area contributed by atoms with Gasteiger partial charge in [0.2, 0.25) is 5.91 Å². The molecule has 1 N–H and O–H groups in total. The molecule has 2 aromatic rings. The van der Waals surface area contributed by atoms with Crippen molar-refractivity contribution in [2.45, 2.75) is 59.2 Å². The van der Waals surface area contributed by atoms with Crippen LogP contribution in [0.15, 0.2) is 24.8 Å². The van der Waals surface area contributed by atoms with Crippen molar-refractivity contribution in [2.24, 2.45) is 11.3 Å². The number of aryl methyl sites for hydroxylation is 1. The molecule has 2 saturated heterocycles. The van der Waals surface area contributed by atoms with Crippen LogP contribution in [0.2, 0.25) is 0 Å². The molecule has 8 heteroatoms. The molecule has 8 nitrogen and oxygen atoms in total. The topological polar surface area (TPSA) is 73.3 Å². The van der Waals surface area contributed by atoms with Gasteiger partial charge in [0, 0.05) is 57.4 Å². The molecule has 2 aliphatic heterocycles. The predicted molar refractivity (Wildman–Crippen MR) is 125 cm³/mol. The summed E-state index contributed by atoms with van der Waals surface area (Å²) in [6.07, 6.45) is 11.6. The van der Waals surface area contributed by atoms with Crippen LogP contribution in [0.3, 0.4) is 0 Å². The van der Waals surface area contributed by atoms with E-state index in [1.165, 1.54) is 38.9 Å². The summed E-state index contributed by atoms with van der Waals surface area (Å²) in [6.45, 7) is 12.2. The largest absolute Gasteiger partial charge is 0.348 e. The van der Waals surface area contributed by atoms with E-state index in [1.54, 1.807) is 6.20 Å². The van der Waals surface area contributed by atoms with Crippen LogP contribution in [0.4, 0.5) is 0 Å². The lowest BCUT2D eigenvalue weighted by atomic mass is 9.77. The summed E-state index contributed by atoms with van der Waals surface area (Å²) >= 11 is 0. The van der Waals surface area contributed by atoms with Crippen molar-refractivity contribution in [2.75, 3.05) is 39.8 Å². The molecule has 176 valence electrons. The third-order valence-corrected chi connectivity index (χ3v) is 7.09. The lowest BCUT2D eigenvalue weighted by Crippen LogP contribution is -2.43. The number of carbonyl (C=O) groups excluding carboxylic acids is 1. The first-order valence-corrected chi connectivity index (χ1v) is 12.1. The minimum atomic E-state index is 0.287. The van der Waals surface area contributed by atoms with E-state index in [1.807, 2.05) is 18.6 Å². The number of hydrogen-bond donors (Lipinski definition) is 1. The van der Waals surface area contributed by atoms with Crippen LogP contribution in [0.1, 0.15) is 51.2 Å². The summed E-state index contributed by atoms with van der Waals surface area (Å²) in [5, 5.41) is 0. The molecule has 4 rings (SSSR count). The van der Waals surface area contributed by atoms with E-state index in [4.69, 9.17) is 0 Å². The highest BCUT2D eigenvalue weighted by Gasteiger charge is 2.41. The SMILES string of the molecule is CC(C)CN1CCC2(CC1)CCN(C(=O)CCn1ccnc1CN(C)Cc1ncc[nH]1)C2. The van der Waals surface area contributed by atoms with Crippen LogP contribution >= 0.6 is 0 Å². The minimum absolute atomic E-state index is 0.287. The van der Waals surface area contributed by atoms with Gasteiger partial charge in [0.1, 0.15) is 11.6 Å². The fraction of sp³-hybridized carbons (Fsp3) is 0.708. The average molecular weight is 442 g/mol. The highest BCUT2D eigenvalue weighted by atomic mass is 16.2. The zero-order valence-corrected chi connectivity index (χ0v) is 20.0. The fourth-order valence-electron chi connectivity index (χ4n) is 5.29. The second kappa shape index (κ2) is 10.2. The maximum absolute atomic E-state index is 13.0. The van der Waals surface area contributed by atoms with Gasteiger partial charge in [-0.3, -0.25) is 9.69 Å². The Kier molecular flexibility index (Phi) is 7.30. The number of likely N-dealkylation sites (tertiary alicyclic amines) is 2. The molecular weight excluding hydrogens is 402 g/mol. The number of nitrogens with one attached hydrogen (secondary N) is 1. The number of piperidine rings is 1. The quantitative estimate of drug-likeness (QED) is 0.648. The summed E-state index contributed by atoms with van der Waals surface area (Å²) in [5.74, 6) is 2.94. The number of aromatic amines is 1. The first-order chi connectivity index (χ1) is 15.4. The second-order valence-corrected chi connectivity index (χ2v) is 10.3. The van der Waals surface area contributed by atoms with Gasteiger partial charge in [0.15, 0.2) is 0 Å². The van der Waals surface area contributed by atoms with Crippen LogP contribution in [-0.4, -0.2) is 79.9 Å². The zero-order chi connectivity index (χ0) is 22.6. The number of aromatic nitrogens is 4. The summed E-state index contributed by atoms with van der Waals surface area (Å²) in [6, 6.07) is 0. The number of imidazole rings is 2. The van der Waals surface area contributed by atoms with Gasteiger partial charge in [-0.15, -0.1) is 0 Å². The van der Waals surface area contributed by atoms with Crippen molar-refractivity contribution in [1.82, 2.24) is 34.2 Å². The van der Waals surface area contributed by atoms with Gasteiger partial charge in [-0.05, 0) is 50.7 Å². The lowest BCUT2D eigenvalue weighted by Gasteiger charge is -2.39. The highest BCUT2D eigenvalue weighted by Crippen LogP contribution is 2.40. The Morgan fingerprint density at radius 1 is 1.16 bits per heavy atom. The highest BCUT2D eigenvalue weighted by molar-refractivity contribution is 5.76. The molecule has 2 aliphatic rings. The van der Waals surface area contributed by atoms with E-state index >= 15 is 0 Å². The number of H-pyrrole nitrogens is 1. The zero-order valence-electron chi connectivity index (χ0n) is 20.0. The smallest absolute Gasteiger partial charge is 0.224 e. The first-order valence-electron chi connectivity index (χ1n) is 12.1. The fourth-order valence-corrected chi connectivity index (χ4v) is 5.29. The van der Waals surface area contributed by atoms with Gasteiger partial charge < -0.3 is 19.4 Å². The summed E-state index contributed by atoms with van der Waals surface area (Å²) in [4.78, 5) is 31.8. The first kappa shape index (κ1) is 23.0. The Morgan fingerprint density at radius 2 is 1.94 bits per heavy atom. The normalized spacial score (nSPS) is 19.0. The Bertz CT molecular complexity index is 852. The third-order valence-electron chi connectivity index (χ3n) is 7.09. The molecule has 0 atom stereocenters. The molecule has 1 amide bonds. The second-order valence-electron chi connectivity index (χ2n) is 10.3. The molecule has 2 fully saturated rings. The van der Waals surface area contributed by atoms with Gasteiger partial charge in [-0.25, -0.2) is 9.97 Å². The van der Waals surface area contributed by atoms with Crippen molar-refractivity contribution in [3.8, 4) is 0 Å². The van der Waals surface area contributed by atoms with Crippen LogP contribution < -0.4 is 0 Å². The van der Waals surface area contributed by atoms with Crippen molar-refractivity contribution in [3.63, 3.8) is 0 Å². The van der Waals surface area contributed by atoms with E-state index in [0.29, 0.717) is 18.4 Å². The van der Waals surface area contributed by atoms with Gasteiger partial charge in [0.25, 0.3) is 0 Å². The Hall–Kier alpha value is -2.19. The lowest BCUT2D eigenvalue weighted by molar-refractivity contribution is -0.131. The molecule has 0 aliphatic carbocycles. The van der Waals surface area contributed by atoms with Crippen molar-refractivity contribution >= 4 is 5.91 Å². The van der Waals surface area contributed by atoms with Gasteiger partial charge in [0.05, 0.1) is 13.1 Å². The van der Waals surface area contributed by atoms with Crippen LogP contribution in [0.5, 0.6) is 0 Å². The molecule has 2 aromatic heterocycles. The standard InChI is InChI=1S/C24H39N7O/c1-20(2)16-29-12-5-24(6-13-29)7-14-31(19-24)23(32)4-11-30-15-10-27-22(30)18-28(3)17-21-25-8-9-26-21/h8-10,15,20H,4-7,11-14,16-19H2,1-3H3,(H,25,26). The minimum Gasteiger partial charge on any atom is -0.348 e. The van der Waals surface area contributed by atoms with Crippen LogP contribution in [0, 0.1) is 11.3 Å². The van der Waals surface area contributed by atoms with Gasteiger partial charge >= 0.3 is 0 Å². The molecule has 32 heavy (non-hydrogen) atoms. The average Bonchev–Trinajstić information content (AvgIpc) is 3.50. The van der Waals surface area contributed by atoms with Crippen LogP contribution in [-0.2, 0) is 24.4 Å². The van der Waals surface area contributed by atoms with Crippen LogP contribution in [0.25, 0.3) is 0 Å². The molecule has 0 radical (unpaired) electrons. The van der Waals surface area contributed by atoms with Crippen molar-refractivity contribution in [1.29, 1.82) is 0 Å². The number of hydrogen-bond acceptors (Lipinski definition) is 5. The number of rotatable bonds is 9. The van der Waals surface area contributed by atoms with E-state index in [0.717, 1.165) is 43.7 Å². The number of carbonyl (C=O) groups is 1. The molecule has 0 saturated carbocycles. The van der Waals surface area contributed by atoms with E-state index in [-0.39, 0.29) is 5.91 Å². The summed E-state index contributed by atoms with van der Waals surface area (Å²) in [7, 11) is 2.06. The Labute approximate surface area is 192 Å². The van der Waals surface area contributed by atoms with Gasteiger partial charge in [-0.1, -0.05) is 13.8 Å². The molecule has 1 spiro atoms. The van der Waals surface area contributed by atoms with E-state index in [2.05, 4.69) is 55.1 Å². The molecule has 0 unspecified atom stereocenters. The monoisotopic (exact) mass is 441 g/mol. The predicted octanol–water partition coefficient (Wildman–Crippen LogP) is 2.60. The maximum atomic E-state index is 13.0. The Balaban J connectivity index is 1.23. The molecular formula is C24H39N7O. The summed E-state index contributed by atoms with van der Waals surface area (Å²) in [5.41, 5.74) is 0.359. The maximum Gasteiger partial charge on any atom is 0.224 e. The number of amides is 1. The molecule has 4 heterocycles. The summed E-state index contributed by atoms with van der Waals surface area (Å²) < 4.78 is 2.12. The molecule has 0 aromatic carbocycles. The van der Waals surface area contributed by atoms with Crippen molar-refractivity contribution < 1.29 is 4.79 Å². The van der Waals surface area contributed by atoms with E-state index in [9.17, 15) is 4.79 Å². The van der Waals surface area contributed by atoms with E-state index < -0.39 is 0 Å².